The Morgan fingerprint density at radius 3 is 1.50 bits per heavy atom. The molecule has 4 radical (unpaired) electrons. The number of hydrogen-bond donors (Lipinski definition) is 0. The summed E-state index contributed by atoms with van der Waals surface area (Å²) in [5.74, 6) is -0.199. The third-order valence-electron chi connectivity index (χ3n) is 3.07. The predicted octanol–water partition coefficient (Wildman–Crippen LogP) is 4.64. The van der Waals surface area contributed by atoms with Crippen LogP contribution < -0.4 is 0 Å². The van der Waals surface area contributed by atoms with Gasteiger partial charge in [0.2, 0.25) is 0 Å². The maximum atomic E-state index is 11.9. The van der Waals surface area contributed by atoms with Gasteiger partial charge in [-0.2, -0.15) is 0 Å². The van der Waals surface area contributed by atoms with E-state index >= 15 is 0 Å². The molecule has 0 spiro atoms. The van der Waals surface area contributed by atoms with Crippen molar-refractivity contribution >= 4 is 21.5 Å². The summed E-state index contributed by atoms with van der Waals surface area (Å²) in [4.78, 5) is 0. The highest BCUT2D eigenvalue weighted by atomic mass is 16.3. The van der Waals surface area contributed by atoms with Crippen molar-refractivity contribution in [3.63, 3.8) is 0 Å². The molecule has 0 saturated heterocycles. The minimum atomic E-state index is -0.0995. The average Bonchev–Trinajstić information content (AvgIpc) is 2.26. The highest BCUT2D eigenvalue weighted by molar-refractivity contribution is 6.03. The summed E-state index contributed by atoms with van der Waals surface area (Å²) >= 11 is 0. The average molecular weight is 234 g/mol. The highest BCUT2D eigenvalue weighted by Crippen LogP contribution is 2.35. The maximum Gasteiger partial charge on any atom is 0.186 e. The lowest BCUT2D eigenvalue weighted by atomic mass is 9.99. The van der Waals surface area contributed by atoms with Gasteiger partial charge >= 0.3 is 0 Å². The Kier molecular flexibility index (Phi) is 2.20. The van der Waals surface area contributed by atoms with Gasteiger partial charge in [0.25, 0.3) is 0 Å². The lowest BCUT2D eigenvalue weighted by Crippen LogP contribution is -1.81. The Morgan fingerprint density at radius 1 is 0.611 bits per heavy atom. The first-order valence-corrected chi connectivity index (χ1v) is 5.58. The molecule has 0 aliphatic heterocycles. The second-order valence-electron chi connectivity index (χ2n) is 4.48. The zero-order chi connectivity index (χ0) is 12.9. The van der Waals surface area contributed by atoms with Crippen LogP contribution in [0.4, 0.5) is 0 Å². The van der Waals surface area contributed by atoms with Crippen molar-refractivity contribution in [2.24, 2.45) is 0 Å². The third-order valence-corrected chi connectivity index (χ3v) is 3.07. The van der Waals surface area contributed by atoms with Crippen molar-refractivity contribution in [3.8, 4) is 11.5 Å². The van der Waals surface area contributed by atoms with E-state index in [1.54, 1.807) is 6.07 Å². The Labute approximate surface area is 105 Å². The minimum absolute atomic E-state index is 0.0995. The SMILES string of the molecule is [CH2]c1cc([O])c2cc3c([O])cc([CH2])cc3cc2c1. The fourth-order valence-electron chi connectivity index (χ4n) is 2.27. The maximum absolute atomic E-state index is 11.9. The Hall–Kier alpha value is -2.22. The van der Waals surface area contributed by atoms with Crippen molar-refractivity contribution in [1.82, 2.24) is 0 Å². The standard InChI is InChI=1S/C16H10O2/c1-9-3-11-7-12-4-10(2)6-16(18)14(12)8-13(11)15(17)5-9/h3-8H,1-2H2. The molecule has 0 aliphatic rings. The third kappa shape index (κ3) is 1.58. The van der Waals surface area contributed by atoms with Gasteiger partial charge in [-0.05, 0) is 60.0 Å². The lowest BCUT2D eigenvalue weighted by Gasteiger charge is -2.06. The van der Waals surface area contributed by atoms with Gasteiger partial charge in [-0.25, -0.2) is 0 Å². The van der Waals surface area contributed by atoms with Crippen molar-refractivity contribution in [2.45, 2.75) is 0 Å². The van der Waals surface area contributed by atoms with Crippen LogP contribution in [0.2, 0.25) is 0 Å². The number of hydrogen-bond acceptors (Lipinski definition) is 0. The van der Waals surface area contributed by atoms with Gasteiger partial charge in [-0.15, -0.1) is 0 Å². The molecule has 3 aromatic carbocycles. The molecule has 2 heteroatoms. The second kappa shape index (κ2) is 3.64. The summed E-state index contributed by atoms with van der Waals surface area (Å²) in [6, 6.07) is 10.2. The summed E-state index contributed by atoms with van der Waals surface area (Å²) < 4.78 is 0. The van der Waals surface area contributed by atoms with Crippen LogP contribution >= 0.6 is 0 Å². The molecule has 3 aromatic rings. The summed E-state index contributed by atoms with van der Waals surface area (Å²) in [5.41, 5.74) is 1.36. The van der Waals surface area contributed by atoms with Crippen LogP contribution in [0.5, 0.6) is 11.5 Å². The highest BCUT2D eigenvalue weighted by Gasteiger charge is 2.09. The van der Waals surface area contributed by atoms with Crippen LogP contribution in [-0.4, -0.2) is 0 Å². The molecule has 18 heavy (non-hydrogen) atoms. The first kappa shape index (κ1) is 10.9. The monoisotopic (exact) mass is 234 g/mol. The Morgan fingerprint density at radius 2 is 1.06 bits per heavy atom. The molecule has 0 heterocycles. The molecule has 0 aromatic heterocycles. The summed E-state index contributed by atoms with van der Waals surface area (Å²) in [5, 5.41) is 26.5. The largest absolute Gasteiger partial charge is 0.289 e. The van der Waals surface area contributed by atoms with Gasteiger partial charge in [0.05, 0.1) is 0 Å². The molecular formula is C16H10O2. The van der Waals surface area contributed by atoms with Gasteiger partial charge < -0.3 is 0 Å². The van der Waals surface area contributed by atoms with Gasteiger partial charge in [-0.3, -0.25) is 10.2 Å². The molecule has 0 aliphatic carbocycles. The molecular weight excluding hydrogens is 224 g/mol. The summed E-state index contributed by atoms with van der Waals surface area (Å²) in [7, 11) is 0. The zero-order valence-corrected chi connectivity index (χ0v) is 9.69. The first-order chi connectivity index (χ1) is 8.54. The van der Waals surface area contributed by atoms with Gasteiger partial charge in [0.1, 0.15) is 0 Å². The van der Waals surface area contributed by atoms with Crippen LogP contribution in [0, 0.1) is 13.8 Å². The number of rotatable bonds is 0. The normalized spacial score (nSPS) is 11.2. The van der Waals surface area contributed by atoms with E-state index in [-0.39, 0.29) is 11.5 Å². The summed E-state index contributed by atoms with van der Waals surface area (Å²) in [6.45, 7) is 7.55. The molecule has 0 amide bonds. The Bertz CT molecular complexity index is 710. The zero-order valence-electron chi connectivity index (χ0n) is 9.69. The van der Waals surface area contributed by atoms with Crippen LogP contribution in [0.15, 0.2) is 36.4 Å². The summed E-state index contributed by atoms with van der Waals surface area (Å²) in [6.07, 6.45) is 0. The topological polar surface area (TPSA) is 39.8 Å². The van der Waals surface area contributed by atoms with Crippen LogP contribution in [0.25, 0.3) is 21.5 Å². The second-order valence-corrected chi connectivity index (χ2v) is 4.48. The molecule has 0 bridgehead atoms. The van der Waals surface area contributed by atoms with Crippen LogP contribution in [0.1, 0.15) is 11.1 Å². The minimum Gasteiger partial charge on any atom is -0.289 e. The lowest BCUT2D eigenvalue weighted by molar-refractivity contribution is 0.359. The Balaban J connectivity index is 2.51. The molecule has 0 atom stereocenters. The molecule has 0 unspecified atom stereocenters. The van der Waals surface area contributed by atoms with Gasteiger partial charge in [0.15, 0.2) is 11.5 Å². The number of fused-ring (bicyclic) bond motifs is 2. The van der Waals surface area contributed by atoms with E-state index < -0.39 is 0 Å². The molecule has 0 fully saturated rings. The quantitative estimate of drug-likeness (QED) is 0.508. The smallest absolute Gasteiger partial charge is 0.186 e. The molecule has 0 N–H and O–H groups in total. The predicted molar refractivity (Wildman–Crippen MR) is 70.6 cm³/mol. The number of benzene rings is 3. The van der Waals surface area contributed by atoms with Crippen molar-refractivity contribution < 1.29 is 10.2 Å². The van der Waals surface area contributed by atoms with E-state index in [1.807, 2.05) is 18.2 Å². The molecule has 0 saturated carbocycles. The van der Waals surface area contributed by atoms with Crippen LogP contribution in [-0.2, 0) is 10.2 Å². The fourth-order valence-corrected chi connectivity index (χ4v) is 2.27. The molecule has 2 nitrogen and oxygen atoms in total. The van der Waals surface area contributed by atoms with E-state index in [0.29, 0.717) is 21.9 Å². The van der Waals surface area contributed by atoms with E-state index in [9.17, 15) is 10.2 Å². The van der Waals surface area contributed by atoms with Crippen LogP contribution in [0.3, 0.4) is 0 Å². The van der Waals surface area contributed by atoms with E-state index in [0.717, 1.165) is 10.8 Å². The molecule has 86 valence electrons. The van der Waals surface area contributed by atoms with Gasteiger partial charge in [0, 0.05) is 10.8 Å². The van der Waals surface area contributed by atoms with E-state index in [1.165, 1.54) is 12.1 Å². The van der Waals surface area contributed by atoms with Crippen molar-refractivity contribution in [3.05, 3.63) is 61.4 Å². The van der Waals surface area contributed by atoms with Crippen molar-refractivity contribution in [2.75, 3.05) is 0 Å². The van der Waals surface area contributed by atoms with E-state index in [4.69, 9.17) is 0 Å². The fraction of sp³-hybridized carbons (Fsp3) is 0. The van der Waals surface area contributed by atoms with Crippen molar-refractivity contribution in [1.29, 1.82) is 0 Å². The molecule has 3 rings (SSSR count). The van der Waals surface area contributed by atoms with Gasteiger partial charge in [-0.1, -0.05) is 12.1 Å². The first-order valence-electron chi connectivity index (χ1n) is 5.58. The van der Waals surface area contributed by atoms with E-state index in [2.05, 4.69) is 13.8 Å².